The van der Waals surface area contributed by atoms with Crippen molar-refractivity contribution in [2.45, 2.75) is 25.1 Å². The van der Waals surface area contributed by atoms with Gasteiger partial charge in [-0.3, -0.25) is 4.21 Å². The van der Waals surface area contributed by atoms with Crippen molar-refractivity contribution in [2.75, 3.05) is 37.0 Å². The highest BCUT2D eigenvalue weighted by molar-refractivity contribution is 8.00. The number of nitrogens with zero attached hydrogens (tertiary/aromatic N) is 4. The van der Waals surface area contributed by atoms with Crippen LogP contribution in [-0.2, 0) is 10.1 Å². The molecule has 1 aliphatic heterocycles. The first-order valence-corrected chi connectivity index (χ1v) is 11.3. The molecule has 10 heteroatoms. The average molecular weight is 403 g/mol. The van der Waals surface area contributed by atoms with E-state index in [0.29, 0.717) is 13.1 Å². The summed E-state index contributed by atoms with van der Waals surface area (Å²) in [5.74, 6) is 0.223. The summed E-state index contributed by atoms with van der Waals surface area (Å²) in [4.78, 5) is 13.9. The van der Waals surface area contributed by atoms with E-state index in [1.165, 1.54) is 12.6 Å². The van der Waals surface area contributed by atoms with Crippen LogP contribution in [0.1, 0.15) is 12.8 Å². The lowest BCUT2D eigenvalue weighted by molar-refractivity contribution is -0.106. The molecule has 1 saturated heterocycles. The zero-order valence-corrected chi connectivity index (χ0v) is 16.2. The Morgan fingerprint density at radius 1 is 1.30 bits per heavy atom. The van der Waals surface area contributed by atoms with Gasteiger partial charge in [-0.05, 0) is 30.7 Å². The maximum absolute atomic E-state index is 12.7. The van der Waals surface area contributed by atoms with Gasteiger partial charge >= 0.3 is 6.18 Å². The number of hydrogen-bond acceptors (Lipinski definition) is 4. The van der Waals surface area contributed by atoms with E-state index in [-0.39, 0.29) is 17.9 Å². The molecule has 2 aromatic rings. The number of H-pyrrole nitrogens is 1. The van der Waals surface area contributed by atoms with Crippen LogP contribution in [0.5, 0.6) is 0 Å². The van der Waals surface area contributed by atoms with Crippen LogP contribution in [-0.4, -0.2) is 67.8 Å². The maximum atomic E-state index is 12.7. The number of rotatable bonds is 4. The van der Waals surface area contributed by atoms with E-state index < -0.39 is 22.0 Å². The van der Waals surface area contributed by atoms with Gasteiger partial charge in [0, 0.05) is 38.6 Å². The summed E-state index contributed by atoms with van der Waals surface area (Å²) in [6, 6.07) is 2.22. The molecule has 1 saturated carbocycles. The minimum Gasteiger partial charge on any atom is -0.356 e. The van der Waals surface area contributed by atoms with E-state index in [9.17, 15) is 17.4 Å². The molecule has 150 valence electrons. The highest BCUT2D eigenvalue weighted by atomic mass is 32.3. The molecule has 2 aromatic heterocycles. The number of thiol groups is 1. The molecule has 0 bridgehead atoms. The molecule has 0 unspecified atom stereocenters. The Hall–Kier alpha value is -1.68. The Balaban J connectivity index is 1.44. The molecule has 3 heterocycles. The smallest absolute Gasteiger partial charge is 0.356 e. The van der Waals surface area contributed by atoms with Gasteiger partial charge in [-0.15, -0.1) is 0 Å². The summed E-state index contributed by atoms with van der Waals surface area (Å²) >= 11 is 0. The van der Waals surface area contributed by atoms with Crippen molar-refractivity contribution < 1.29 is 17.4 Å². The summed E-state index contributed by atoms with van der Waals surface area (Å²) in [7, 11) is -1.36. The van der Waals surface area contributed by atoms with Crippen LogP contribution in [0.25, 0.3) is 11.0 Å². The van der Waals surface area contributed by atoms with Crippen molar-refractivity contribution in [1.29, 1.82) is 0 Å². The van der Waals surface area contributed by atoms with Crippen molar-refractivity contribution in [3.05, 3.63) is 18.6 Å². The zero-order valence-electron chi connectivity index (χ0n) is 15.3. The Labute approximate surface area is 156 Å². The molecule has 27 heavy (non-hydrogen) atoms. The maximum Gasteiger partial charge on any atom is 0.399 e. The van der Waals surface area contributed by atoms with Gasteiger partial charge in [0.25, 0.3) is 0 Å². The van der Waals surface area contributed by atoms with Crippen LogP contribution >= 0.6 is 0 Å². The van der Waals surface area contributed by atoms with Crippen molar-refractivity contribution in [1.82, 2.24) is 19.3 Å². The van der Waals surface area contributed by atoms with Gasteiger partial charge in [0.15, 0.2) is 0 Å². The molecule has 0 spiro atoms. The summed E-state index contributed by atoms with van der Waals surface area (Å²) in [5.41, 5.74) is 0.787. The standard InChI is InChI=1S/C17H24F3N5OS/c1-24(16-14-3-4-21-15(14)22-10-23-16)13-5-11-7-25(8-12(11)6-13)27(2,26)9-17(18,19)20/h3-4,10-13,27H,5-9H2,1-2H3,(H,21,22,23)/t11-,12+,13+. The second-order valence-electron chi connectivity index (χ2n) is 7.89. The van der Waals surface area contributed by atoms with Gasteiger partial charge in [0.1, 0.15) is 23.5 Å². The first kappa shape index (κ1) is 18.7. The number of aromatic nitrogens is 3. The highest BCUT2D eigenvalue weighted by Crippen LogP contribution is 2.43. The number of anilines is 1. The molecule has 1 N–H and O–H groups in total. The third kappa shape index (κ3) is 3.56. The van der Waals surface area contributed by atoms with Crippen LogP contribution in [0, 0.1) is 11.8 Å². The topological polar surface area (TPSA) is 65.1 Å². The fraction of sp³-hybridized carbons (Fsp3) is 0.647. The van der Waals surface area contributed by atoms with E-state index >= 15 is 0 Å². The Bertz CT molecular complexity index is 871. The fourth-order valence-electron chi connectivity index (χ4n) is 4.65. The lowest BCUT2D eigenvalue weighted by Crippen LogP contribution is -2.42. The molecule has 0 radical (unpaired) electrons. The lowest BCUT2D eigenvalue weighted by atomic mass is 10.0. The molecule has 3 atom stereocenters. The second-order valence-corrected chi connectivity index (χ2v) is 10.9. The first-order chi connectivity index (χ1) is 12.6. The number of alkyl halides is 3. The van der Waals surface area contributed by atoms with Crippen molar-refractivity contribution in [2.24, 2.45) is 11.8 Å². The molecular weight excluding hydrogens is 379 g/mol. The number of hydrogen-bond donors (Lipinski definition) is 2. The van der Waals surface area contributed by atoms with Crippen LogP contribution in [0.2, 0.25) is 0 Å². The van der Waals surface area contributed by atoms with E-state index in [1.54, 1.807) is 4.31 Å². The molecule has 2 aliphatic rings. The minimum absolute atomic E-state index is 0.272. The summed E-state index contributed by atoms with van der Waals surface area (Å²) in [6.45, 7) is 0.977. The van der Waals surface area contributed by atoms with Gasteiger partial charge in [-0.25, -0.2) is 14.3 Å². The summed E-state index contributed by atoms with van der Waals surface area (Å²) in [5, 5.41) is 0.960. The quantitative estimate of drug-likeness (QED) is 0.769. The number of nitrogens with one attached hydrogen (secondary N) is 1. The third-order valence-electron chi connectivity index (χ3n) is 5.99. The number of fused-ring (bicyclic) bond motifs is 2. The molecule has 0 amide bonds. The molecular formula is C17H24F3N5OS. The van der Waals surface area contributed by atoms with Crippen molar-refractivity contribution in [3.8, 4) is 0 Å². The van der Waals surface area contributed by atoms with Gasteiger partial charge in [-0.1, -0.05) is 10.1 Å². The monoisotopic (exact) mass is 403 g/mol. The van der Waals surface area contributed by atoms with Crippen molar-refractivity contribution >= 4 is 27.0 Å². The lowest BCUT2D eigenvalue weighted by Gasteiger charge is -2.32. The molecule has 2 fully saturated rings. The average Bonchev–Trinajstić information content (AvgIpc) is 3.25. The fourth-order valence-corrected chi connectivity index (χ4v) is 6.63. The van der Waals surface area contributed by atoms with Crippen LogP contribution in [0.15, 0.2) is 18.6 Å². The number of halogens is 3. The minimum atomic E-state index is -4.39. The third-order valence-corrected chi connectivity index (χ3v) is 8.46. The van der Waals surface area contributed by atoms with E-state index in [1.807, 2.05) is 19.3 Å². The highest BCUT2D eigenvalue weighted by Gasteiger charge is 2.46. The second kappa shape index (κ2) is 6.44. The summed E-state index contributed by atoms with van der Waals surface area (Å²) < 4.78 is 52.4. The predicted octanol–water partition coefficient (Wildman–Crippen LogP) is 2.23. The van der Waals surface area contributed by atoms with Crippen LogP contribution in [0.3, 0.4) is 0 Å². The van der Waals surface area contributed by atoms with E-state index in [0.717, 1.165) is 29.7 Å². The number of aromatic amines is 1. The Morgan fingerprint density at radius 2 is 1.96 bits per heavy atom. The van der Waals surface area contributed by atoms with E-state index in [2.05, 4.69) is 19.9 Å². The predicted molar refractivity (Wildman–Crippen MR) is 100 cm³/mol. The molecule has 6 nitrogen and oxygen atoms in total. The SMILES string of the molecule is CN(c1ncnc2[nH]ccc12)[C@H]1C[C@@H]2CN([SH](C)(=O)CC(F)(F)F)C[C@@H]2C1. The Kier molecular flexibility index (Phi) is 4.45. The van der Waals surface area contributed by atoms with E-state index in [4.69, 9.17) is 0 Å². The molecule has 1 aliphatic carbocycles. The molecule has 4 rings (SSSR count). The van der Waals surface area contributed by atoms with Gasteiger partial charge in [-0.2, -0.15) is 13.2 Å². The van der Waals surface area contributed by atoms with Gasteiger partial charge in [0.2, 0.25) is 0 Å². The van der Waals surface area contributed by atoms with Gasteiger partial charge in [0.05, 0.1) is 5.39 Å². The largest absolute Gasteiger partial charge is 0.399 e. The van der Waals surface area contributed by atoms with Crippen LogP contribution < -0.4 is 4.90 Å². The first-order valence-electron chi connectivity index (χ1n) is 9.04. The zero-order chi connectivity index (χ0) is 19.4. The Morgan fingerprint density at radius 3 is 2.59 bits per heavy atom. The van der Waals surface area contributed by atoms with Crippen molar-refractivity contribution in [3.63, 3.8) is 0 Å². The summed E-state index contributed by atoms with van der Waals surface area (Å²) in [6.07, 6.45) is 2.00. The van der Waals surface area contributed by atoms with Crippen LogP contribution in [0.4, 0.5) is 19.0 Å². The normalized spacial score (nSPS) is 27.2. The van der Waals surface area contributed by atoms with Gasteiger partial charge < -0.3 is 9.88 Å². The molecule has 0 aromatic carbocycles.